The average Bonchev–Trinajstić information content (AvgIpc) is 4.05. The Labute approximate surface area is 342 Å². The van der Waals surface area contributed by atoms with Gasteiger partial charge >= 0.3 is 0 Å². The predicted octanol–water partition coefficient (Wildman–Crippen LogP) is 16.1. The van der Waals surface area contributed by atoms with Crippen LogP contribution >= 0.6 is 11.3 Å². The lowest BCUT2D eigenvalue weighted by atomic mass is 9.98. The standard InChI is InChI=1S/C54H32N2O2S/c1-2-12-35(13-3-1)56-46-18-8-4-14-38(46)42-28-33(22-25-47(42)56)34-29-45-40-16-6-10-20-50(40)58-54(45)48(30-34)55(36-23-26-51-43(31-36)39-15-5-9-19-49(39)57-51)37-24-27-53-44(32-37)41-17-7-11-21-52(41)59-53/h1-32H. The van der Waals surface area contributed by atoms with Crippen molar-refractivity contribution in [3.05, 3.63) is 194 Å². The summed E-state index contributed by atoms with van der Waals surface area (Å²) in [6.07, 6.45) is 0. The first-order chi connectivity index (χ1) is 29.2. The Balaban J connectivity index is 1.10. The van der Waals surface area contributed by atoms with E-state index in [0.29, 0.717) is 0 Å². The van der Waals surface area contributed by atoms with Gasteiger partial charge in [0.05, 0.1) is 16.7 Å². The molecule has 0 saturated carbocycles. The molecule has 0 aliphatic heterocycles. The third-order valence-electron chi connectivity index (χ3n) is 12.0. The number of furan rings is 2. The van der Waals surface area contributed by atoms with Crippen molar-refractivity contribution >= 4 is 114 Å². The zero-order valence-electron chi connectivity index (χ0n) is 31.6. The van der Waals surface area contributed by atoms with E-state index in [0.717, 1.165) is 77.8 Å². The van der Waals surface area contributed by atoms with Gasteiger partial charge in [-0.15, -0.1) is 11.3 Å². The highest BCUT2D eigenvalue weighted by Crippen LogP contribution is 2.48. The van der Waals surface area contributed by atoms with Gasteiger partial charge < -0.3 is 18.3 Å². The molecule has 0 amide bonds. The van der Waals surface area contributed by atoms with Crippen molar-refractivity contribution in [2.45, 2.75) is 0 Å². The second-order valence-electron chi connectivity index (χ2n) is 15.3. The van der Waals surface area contributed by atoms with Crippen LogP contribution in [0.5, 0.6) is 0 Å². The van der Waals surface area contributed by atoms with Crippen molar-refractivity contribution in [3.63, 3.8) is 0 Å². The predicted molar refractivity (Wildman–Crippen MR) is 248 cm³/mol. The number of benzene rings is 9. The van der Waals surface area contributed by atoms with Crippen LogP contribution in [-0.2, 0) is 0 Å². The molecule has 0 N–H and O–H groups in total. The number of hydrogen-bond acceptors (Lipinski definition) is 4. The Hall–Kier alpha value is -7.60. The summed E-state index contributed by atoms with van der Waals surface area (Å²) in [5, 5.41) is 9.25. The van der Waals surface area contributed by atoms with Gasteiger partial charge in [0, 0.05) is 69.6 Å². The van der Waals surface area contributed by atoms with Gasteiger partial charge in [0.15, 0.2) is 5.58 Å². The smallest absolute Gasteiger partial charge is 0.159 e. The maximum Gasteiger partial charge on any atom is 0.159 e. The van der Waals surface area contributed by atoms with Gasteiger partial charge in [-0.25, -0.2) is 0 Å². The third-order valence-corrected chi connectivity index (χ3v) is 13.1. The molecule has 0 aliphatic carbocycles. The van der Waals surface area contributed by atoms with Crippen LogP contribution in [0, 0.1) is 0 Å². The lowest BCUT2D eigenvalue weighted by molar-refractivity contribution is 0.669. The fourth-order valence-corrected chi connectivity index (χ4v) is 10.4. The molecule has 0 spiro atoms. The minimum absolute atomic E-state index is 0.837. The molecule has 4 aromatic heterocycles. The number of nitrogens with zero attached hydrogens (tertiary/aromatic N) is 2. The Bertz CT molecular complexity index is 3700. The molecular formula is C54H32N2O2S. The largest absolute Gasteiger partial charge is 0.456 e. The second kappa shape index (κ2) is 12.4. The summed E-state index contributed by atoms with van der Waals surface area (Å²) in [5.41, 5.74) is 12.2. The highest BCUT2D eigenvalue weighted by molar-refractivity contribution is 7.25. The molecule has 9 aromatic carbocycles. The molecule has 59 heavy (non-hydrogen) atoms. The third kappa shape index (κ3) is 4.89. The first-order valence-corrected chi connectivity index (χ1v) is 20.7. The molecule has 0 fully saturated rings. The van der Waals surface area contributed by atoms with Crippen molar-refractivity contribution in [3.8, 4) is 16.8 Å². The summed E-state index contributed by atoms with van der Waals surface area (Å²) >= 11 is 1.83. The van der Waals surface area contributed by atoms with Gasteiger partial charge in [0.1, 0.15) is 16.7 Å². The number of anilines is 3. The molecule has 5 heteroatoms. The van der Waals surface area contributed by atoms with Gasteiger partial charge in [-0.2, -0.15) is 0 Å². The molecule has 13 rings (SSSR count). The Morgan fingerprint density at radius 1 is 0.373 bits per heavy atom. The molecule has 0 radical (unpaired) electrons. The molecule has 276 valence electrons. The Morgan fingerprint density at radius 2 is 0.983 bits per heavy atom. The van der Waals surface area contributed by atoms with E-state index in [-0.39, 0.29) is 0 Å². The van der Waals surface area contributed by atoms with E-state index in [4.69, 9.17) is 8.83 Å². The molecule has 0 atom stereocenters. The normalized spacial score (nSPS) is 12.1. The summed E-state index contributed by atoms with van der Waals surface area (Å²) in [6, 6.07) is 69.7. The first kappa shape index (κ1) is 32.5. The number of para-hydroxylation sites is 4. The van der Waals surface area contributed by atoms with Crippen LogP contribution < -0.4 is 4.90 Å². The number of thiophene rings is 1. The molecular weight excluding hydrogens is 741 g/mol. The Kier molecular flexibility index (Phi) is 6.85. The highest BCUT2D eigenvalue weighted by atomic mass is 32.1. The summed E-state index contributed by atoms with van der Waals surface area (Å²) in [4.78, 5) is 2.38. The quantitative estimate of drug-likeness (QED) is 0.175. The fourth-order valence-electron chi connectivity index (χ4n) is 9.28. The van der Waals surface area contributed by atoms with Crippen molar-refractivity contribution in [2.24, 2.45) is 0 Å². The molecule has 4 heterocycles. The van der Waals surface area contributed by atoms with Crippen molar-refractivity contribution in [2.75, 3.05) is 4.90 Å². The van der Waals surface area contributed by atoms with Crippen LogP contribution in [0.1, 0.15) is 0 Å². The maximum atomic E-state index is 6.90. The Morgan fingerprint density at radius 3 is 1.83 bits per heavy atom. The minimum Gasteiger partial charge on any atom is -0.456 e. The van der Waals surface area contributed by atoms with Crippen LogP contribution in [0.4, 0.5) is 17.1 Å². The molecule has 0 aliphatic rings. The van der Waals surface area contributed by atoms with E-state index in [1.807, 2.05) is 29.5 Å². The van der Waals surface area contributed by atoms with Crippen molar-refractivity contribution in [1.82, 2.24) is 4.57 Å². The van der Waals surface area contributed by atoms with Crippen molar-refractivity contribution in [1.29, 1.82) is 0 Å². The molecule has 13 aromatic rings. The van der Waals surface area contributed by atoms with Crippen LogP contribution in [0.25, 0.3) is 103 Å². The minimum atomic E-state index is 0.837. The molecule has 4 nitrogen and oxygen atoms in total. The van der Waals surface area contributed by atoms with Crippen LogP contribution in [0.15, 0.2) is 203 Å². The van der Waals surface area contributed by atoms with E-state index in [1.165, 1.54) is 42.0 Å². The second-order valence-corrected chi connectivity index (χ2v) is 16.4. The zero-order valence-corrected chi connectivity index (χ0v) is 32.4. The summed E-state index contributed by atoms with van der Waals surface area (Å²) in [5.74, 6) is 0. The van der Waals surface area contributed by atoms with Crippen LogP contribution in [-0.4, -0.2) is 4.57 Å². The summed E-state index contributed by atoms with van der Waals surface area (Å²) in [7, 11) is 0. The first-order valence-electron chi connectivity index (χ1n) is 19.9. The highest BCUT2D eigenvalue weighted by Gasteiger charge is 2.24. The van der Waals surface area contributed by atoms with E-state index >= 15 is 0 Å². The van der Waals surface area contributed by atoms with E-state index in [9.17, 15) is 0 Å². The monoisotopic (exact) mass is 772 g/mol. The van der Waals surface area contributed by atoms with E-state index in [2.05, 4.69) is 185 Å². The van der Waals surface area contributed by atoms with Gasteiger partial charge in [0.2, 0.25) is 0 Å². The topological polar surface area (TPSA) is 34.5 Å². The van der Waals surface area contributed by atoms with E-state index < -0.39 is 0 Å². The number of rotatable bonds is 5. The van der Waals surface area contributed by atoms with Crippen LogP contribution in [0.3, 0.4) is 0 Å². The van der Waals surface area contributed by atoms with Crippen molar-refractivity contribution < 1.29 is 8.83 Å². The zero-order chi connectivity index (χ0) is 38.6. The summed E-state index contributed by atoms with van der Waals surface area (Å²) < 4.78 is 18.2. The summed E-state index contributed by atoms with van der Waals surface area (Å²) in [6.45, 7) is 0. The van der Waals surface area contributed by atoms with Gasteiger partial charge in [-0.1, -0.05) is 97.1 Å². The lowest BCUT2D eigenvalue weighted by Crippen LogP contribution is -2.10. The molecule has 0 bridgehead atoms. The van der Waals surface area contributed by atoms with E-state index in [1.54, 1.807) is 0 Å². The average molecular weight is 773 g/mol. The number of aromatic nitrogens is 1. The van der Waals surface area contributed by atoms with Gasteiger partial charge in [-0.05, 0) is 108 Å². The number of fused-ring (bicyclic) bond motifs is 12. The fraction of sp³-hybridized carbons (Fsp3) is 0. The number of hydrogen-bond donors (Lipinski definition) is 0. The maximum absolute atomic E-state index is 6.90. The molecule has 0 unspecified atom stereocenters. The molecule has 0 saturated heterocycles. The SMILES string of the molecule is c1ccc(-n2c3ccccc3c3cc(-c4cc(N(c5ccc6oc7ccccc7c6c5)c5ccc6sc7ccccc7c6c5)c5oc6ccccc6c5c4)ccc32)cc1. The van der Waals surface area contributed by atoms with Gasteiger partial charge in [-0.3, -0.25) is 0 Å². The van der Waals surface area contributed by atoms with Gasteiger partial charge in [0.25, 0.3) is 0 Å². The van der Waals surface area contributed by atoms with Crippen LogP contribution in [0.2, 0.25) is 0 Å². The lowest BCUT2D eigenvalue weighted by Gasteiger charge is -2.26.